The minimum atomic E-state index is 0. The van der Waals surface area contributed by atoms with E-state index in [4.69, 9.17) is 0 Å². The predicted molar refractivity (Wildman–Crippen MR) is 188 cm³/mol. The fourth-order valence-electron chi connectivity index (χ4n) is 7.11. The van der Waals surface area contributed by atoms with Crippen LogP contribution in [-0.2, 0) is 0 Å². The molecule has 0 N–H and O–H groups in total. The lowest BCUT2D eigenvalue weighted by molar-refractivity contribution is 0.0292. The van der Waals surface area contributed by atoms with Crippen molar-refractivity contribution < 1.29 is 0 Å². The van der Waals surface area contributed by atoms with Crippen LogP contribution in [0.25, 0.3) is 0 Å². The van der Waals surface area contributed by atoms with Gasteiger partial charge in [-0.05, 0) is 120 Å². The Hall–Kier alpha value is -0.200. The van der Waals surface area contributed by atoms with Crippen LogP contribution in [0.1, 0.15) is 131 Å². The molecule has 0 saturated carbocycles. The number of likely N-dealkylation sites (tertiary alicyclic amines) is 2. The van der Waals surface area contributed by atoms with Crippen LogP contribution in [0.2, 0.25) is 0 Å². The fraction of sp³-hybridized carbons (Fsp3) is 1.00. The minimum absolute atomic E-state index is 0. The standard InChI is InChI=1S/C12H24N2.C11H23N.C10H22N2.3CH4/c1-9(2)13-7-11-5-6-12(8-13)14(11)10(3)4;2*1-9(2)11-5-7-12(8-6-11)10(3)4;;;/h9-12H,5-8H2,1-4H3;9-11H,5-8H2,1-4H3;9-10H,5-8H2,1-4H3;3*1H4. The minimum Gasteiger partial charge on any atom is -0.301 e. The van der Waals surface area contributed by atoms with Crippen molar-refractivity contribution in [1.29, 1.82) is 0 Å². The van der Waals surface area contributed by atoms with E-state index in [1.54, 1.807) is 0 Å². The molecule has 0 aromatic heterocycles. The van der Waals surface area contributed by atoms with Crippen molar-refractivity contribution in [2.24, 2.45) is 11.8 Å². The van der Waals surface area contributed by atoms with Gasteiger partial charge in [0.2, 0.25) is 0 Å². The van der Waals surface area contributed by atoms with E-state index in [9.17, 15) is 0 Å². The van der Waals surface area contributed by atoms with Gasteiger partial charge in [0, 0.05) is 81.6 Å². The van der Waals surface area contributed by atoms with Gasteiger partial charge in [0.25, 0.3) is 0 Å². The number of piperazine rings is 2. The molecule has 2 atom stereocenters. The van der Waals surface area contributed by atoms with E-state index in [1.807, 2.05) is 0 Å². The Labute approximate surface area is 261 Å². The van der Waals surface area contributed by atoms with Crippen molar-refractivity contribution >= 4 is 0 Å². The zero-order chi connectivity index (χ0) is 28.6. The van der Waals surface area contributed by atoms with Gasteiger partial charge in [-0.3, -0.25) is 19.6 Å². The number of hydrogen-bond donors (Lipinski definition) is 0. The van der Waals surface area contributed by atoms with Gasteiger partial charge in [0.15, 0.2) is 0 Å². The summed E-state index contributed by atoms with van der Waals surface area (Å²) in [6.07, 6.45) is 5.67. The molecular formula is C36H81N5. The van der Waals surface area contributed by atoms with E-state index in [0.717, 1.165) is 54.1 Å². The topological polar surface area (TPSA) is 16.2 Å². The molecule has 0 aromatic carbocycles. The molecular weight excluding hydrogens is 502 g/mol. The second kappa shape index (κ2) is 20.7. The van der Waals surface area contributed by atoms with Crippen LogP contribution in [0.4, 0.5) is 0 Å². The molecule has 4 aliphatic heterocycles. The van der Waals surface area contributed by atoms with Crippen LogP contribution in [0.3, 0.4) is 0 Å². The SMILES string of the molecule is C.C.C.CC(C)C1CCN(C(C)C)CC1.CC(C)N1CC2CCC(C1)N2C(C)C.CC(C)N1CCN(C(C)C)CC1. The average molecular weight is 584 g/mol. The molecule has 4 fully saturated rings. The van der Waals surface area contributed by atoms with E-state index in [1.165, 1.54) is 78.0 Å². The second-order valence-electron chi connectivity index (χ2n) is 14.4. The molecule has 0 radical (unpaired) electrons. The van der Waals surface area contributed by atoms with E-state index < -0.39 is 0 Å². The molecule has 2 bridgehead atoms. The average Bonchev–Trinajstić information content (AvgIpc) is 3.14. The monoisotopic (exact) mass is 584 g/mol. The lowest BCUT2D eigenvalue weighted by Gasteiger charge is -2.44. The summed E-state index contributed by atoms with van der Waals surface area (Å²) in [5, 5.41) is 0. The van der Waals surface area contributed by atoms with Gasteiger partial charge in [-0.25, -0.2) is 0 Å². The predicted octanol–water partition coefficient (Wildman–Crippen LogP) is 8.04. The lowest BCUT2D eigenvalue weighted by Crippen LogP contribution is -2.57. The molecule has 41 heavy (non-hydrogen) atoms. The van der Waals surface area contributed by atoms with Crippen LogP contribution >= 0.6 is 0 Å². The first kappa shape index (κ1) is 42.9. The third-order valence-corrected chi connectivity index (χ3v) is 9.95. The molecule has 0 aromatic rings. The van der Waals surface area contributed by atoms with Gasteiger partial charge in [0.1, 0.15) is 0 Å². The maximum atomic E-state index is 2.75. The lowest BCUT2D eigenvalue weighted by atomic mass is 9.86. The van der Waals surface area contributed by atoms with Gasteiger partial charge in [-0.15, -0.1) is 0 Å². The second-order valence-corrected chi connectivity index (χ2v) is 14.4. The zero-order valence-electron chi connectivity index (χ0n) is 27.9. The zero-order valence-corrected chi connectivity index (χ0v) is 27.9. The third-order valence-electron chi connectivity index (χ3n) is 9.95. The normalized spacial score (nSPS) is 25.0. The first-order chi connectivity index (χ1) is 17.8. The Morgan fingerprint density at radius 1 is 0.390 bits per heavy atom. The number of fused-ring (bicyclic) bond motifs is 2. The summed E-state index contributed by atoms with van der Waals surface area (Å²) < 4.78 is 0. The van der Waals surface area contributed by atoms with Crippen molar-refractivity contribution in [1.82, 2.24) is 24.5 Å². The highest BCUT2D eigenvalue weighted by molar-refractivity contribution is 4.97. The maximum Gasteiger partial charge on any atom is 0.0230 e. The fourth-order valence-corrected chi connectivity index (χ4v) is 7.11. The van der Waals surface area contributed by atoms with Crippen LogP contribution in [0.15, 0.2) is 0 Å². The van der Waals surface area contributed by atoms with E-state index >= 15 is 0 Å². The highest BCUT2D eigenvalue weighted by Crippen LogP contribution is 2.32. The number of hydrogen-bond acceptors (Lipinski definition) is 5. The summed E-state index contributed by atoms with van der Waals surface area (Å²) in [5.74, 6) is 1.87. The van der Waals surface area contributed by atoms with Crippen molar-refractivity contribution in [2.45, 2.75) is 173 Å². The van der Waals surface area contributed by atoms with E-state index in [0.29, 0.717) is 0 Å². The molecule has 4 rings (SSSR count). The first-order valence-corrected chi connectivity index (χ1v) is 16.5. The van der Waals surface area contributed by atoms with Crippen molar-refractivity contribution in [3.63, 3.8) is 0 Å². The Morgan fingerprint density at radius 2 is 0.707 bits per heavy atom. The van der Waals surface area contributed by atoms with Gasteiger partial charge in [0.05, 0.1) is 0 Å². The van der Waals surface area contributed by atoms with Crippen LogP contribution in [0.5, 0.6) is 0 Å². The van der Waals surface area contributed by atoms with Gasteiger partial charge in [-0.1, -0.05) is 36.1 Å². The molecule has 0 spiro atoms. The molecule has 2 unspecified atom stereocenters. The Bertz CT molecular complexity index is 537. The number of nitrogens with zero attached hydrogens (tertiary/aromatic N) is 5. The summed E-state index contributed by atoms with van der Waals surface area (Å²) in [4.78, 5) is 13.1. The summed E-state index contributed by atoms with van der Waals surface area (Å²) in [5.41, 5.74) is 0. The molecule has 4 aliphatic rings. The van der Waals surface area contributed by atoms with Gasteiger partial charge < -0.3 is 4.90 Å². The highest BCUT2D eigenvalue weighted by Gasteiger charge is 2.41. The number of piperidine rings is 1. The molecule has 0 amide bonds. The summed E-state index contributed by atoms with van der Waals surface area (Å²) in [7, 11) is 0. The summed E-state index contributed by atoms with van der Waals surface area (Å²) in [6.45, 7) is 38.0. The van der Waals surface area contributed by atoms with Crippen molar-refractivity contribution in [3.8, 4) is 0 Å². The van der Waals surface area contributed by atoms with Crippen LogP contribution < -0.4 is 0 Å². The first-order valence-electron chi connectivity index (χ1n) is 16.5. The summed E-state index contributed by atoms with van der Waals surface area (Å²) >= 11 is 0. The van der Waals surface area contributed by atoms with Crippen molar-refractivity contribution in [3.05, 3.63) is 0 Å². The largest absolute Gasteiger partial charge is 0.301 e. The van der Waals surface area contributed by atoms with Crippen molar-refractivity contribution in [2.75, 3.05) is 52.4 Å². The molecule has 5 heteroatoms. The molecule has 4 saturated heterocycles. The van der Waals surface area contributed by atoms with E-state index in [2.05, 4.69) is 108 Å². The Balaban J connectivity index is 0. The summed E-state index contributed by atoms with van der Waals surface area (Å²) in [6, 6.07) is 5.35. The van der Waals surface area contributed by atoms with Gasteiger partial charge in [-0.2, -0.15) is 0 Å². The van der Waals surface area contributed by atoms with E-state index in [-0.39, 0.29) is 22.3 Å². The molecule has 5 nitrogen and oxygen atoms in total. The smallest absolute Gasteiger partial charge is 0.0230 e. The highest BCUT2D eigenvalue weighted by atomic mass is 15.3. The Morgan fingerprint density at radius 3 is 0.976 bits per heavy atom. The molecule has 0 aliphatic carbocycles. The van der Waals surface area contributed by atoms with Gasteiger partial charge >= 0.3 is 0 Å². The quantitative estimate of drug-likeness (QED) is 0.314. The van der Waals surface area contributed by atoms with Crippen LogP contribution in [-0.4, -0.2) is 119 Å². The molecule has 4 heterocycles. The number of rotatable bonds is 6. The van der Waals surface area contributed by atoms with Crippen LogP contribution in [0, 0.1) is 11.8 Å². The Kier molecular flexibility index (Phi) is 21.7. The maximum absolute atomic E-state index is 2.75. The molecule has 250 valence electrons. The third kappa shape index (κ3) is 13.5.